The Morgan fingerprint density at radius 2 is 2.14 bits per heavy atom. The average molecular weight is 346 g/mol. The van der Waals surface area contributed by atoms with E-state index in [1.54, 1.807) is 12.1 Å². The number of aryl methyl sites for hydroxylation is 1. The lowest BCUT2D eigenvalue weighted by Gasteiger charge is -2.16. The van der Waals surface area contributed by atoms with Crippen molar-refractivity contribution in [2.75, 3.05) is 13.2 Å². The van der Waals surface area contributed by atoms with Gasteiger partial charge in [0.1, 0.15) is 24.0 Å². The Morgan fingerprint density at radius 3 is 2.86 bits per heavy atom. The lowest BCUT2D eigenvalue weighted by molar-refractivity contribution is 0.105. The van der Waals surface area contributed by atoms with Crippen LogP contribution in [-0.2, 0) is 9.05 Å². The molecule has 0 saturated heterocycles. The van der Waals surface area contributed by atoms with Gasteiger partial charge in [-0.25, -0.2) is 4.79 Å². The number of fused-ring (bicyclic) bond motifs is 1. The van der Waals surface area contributed by atoms with Crippen molar-refractivity contribution in [3.8, 4) is 5.75 Å². The molecular weight excluding hydrogens is 329 g/mol. The number of benzene rings is 1. The monoisotopic (exact) mass is 346 g/mol. The standard InChI is InChI=1S/C13H17O5P3/c1-8-4-13(14)17-12-3-2-9(5-11(8)12)15-6-10(7-16-19)18-21-20/h2-5,10,21H,6-7,19-20H2,1H3/t10-/m1/s1. The molecule has 0 N–H and O–H groups in total. The van der Waals surface area contributed by atoms with Gasteiger partial charge in [-0.3, -0.25) is 0 Å². The Bertz CT molecular complexity index is 652. The van der Waals surface area contributed by atoms with Crippen LogP contribution in [0.4, 0.5) is 0 Å². The van der Waals surface area contributed by atoms with Crippen LogP contribution in [0.5, 0.6) is 5.75 Å². The maximum atomic E-state index is 11.3. The summed E-state index contributed by atoms with van der Waals surface area (Å²) in [6.07, 6.45) is -0.135. The van der Waals surface area contributed by atoms with Crippen LogP contribution in [-0.4, -0.2) is 19.3 Å². The topological polar surface area (TPSA) is 57.9 Å². The highest BCUT2D eigenvalue weighted by atomic mass is 32.0. The van der Waals surface area contributed by atoms with Gasteiger partial charge in [-0.15, -0.1) is 0 Å². The first-order chi connectivity index (χ1) is 10.1. The van der Waals surface area contributed by atoms with Gasteiger partial charge >= 0.3 is 5.63 Å². The van der Waals surface area contributed by atoms with E-state index >= 15 is 0 Å². The first-order valence-electron chi connectivity index (χ1n) is 6.24. The average Bonchev–Trinajstić information content (AvgIpc) is 2.45. The SMILES string of the molecule is Cc1cc(=O)oc2ccc(OC[C@H](COP)OPP)cc12. The molecule has 21 heavy (non-hydrogen) atoms. The fourth-order valence-corrected chi connectivity index (χ4v) is 3.02. The molecule has 0 radical (unpaired) electrons. The maximum Gasteiger partial charge on any atom is 0.336 e. The summed E-state index contributed by atoms with van der Waals surface area (Å²) in [4.78, 5) is 11.3. The molecule has 0 fully saturated rings. The molecule has 4 atom stereocenters. The number of hydrogen-bond donors (Lipinski definition) is 0. The third-order valence-corrected chi connectivity index (χ3v) is 3.94. The summed E-state index contributed by atoms with van der Waals surface area (Å²) in [5, 5.41) is 0.861. The van der Waals surface area contributed by atoms with Crippen LogP contribution in [0, 0.1) is 6.92 Å². The highest BCUT2D eigenvalue weighted by Gasteiger charge is 2.10. The zero-order valence-electron chi connectivity index (χ0n) is 11.5. The van der Waals surface area contributed by atoms with E-state index in [1.165, 1.54) is 6.07 Å². The van der Waals surface area contributed by atoms with Crippen molar-refractivity contribution >= 4 is 37.9 Å². The van der Waals surface area contributed by atoms with Gasteiger partial charge in [-0.2, -0.15) is 0 Å². The molecule has 5 nitrogen and oxygen atoms in total. The van der Waals surface area contributed by atoms with Crippen LogP contribution in [0.3, 0.4) is 0 Å². The zero-order valence-corrected chi connectivity index (χ0v) is 14.8. The number of hydrogen-bond acceptors (Lipinski definition) is 5. The van der Waals surface area contributed by atoms with Crippen LogP contribution < -0.4 is 10.4 Å². The van der Waals surface area contributed by atoms with Gasteiger partial charge in [-0.05, 0) is 30.7 Å². The third-order valence-electron chi connectivity index (χ3n) is 2.87. The third kappa shape index (κ3) is 4.71. The number of rotatable bonds is 7. The summed E-state index contributed by atoms with van der Waals surface area (Å²) in [6, 6.07) is 6.83. The Hall–Kier alpha value is -0.560. The van der Waals surface area contributed by atoms with Crippen molar-refractivity contribution in [1.82, 2.24) is 0 Å². The van der Waals surface area contributed by atoms with E-state index in [-0.39, 0.29) is 11.7 Å². The van der Waals surface area contributed by atoms with Crippen molar-refractivity contribution in [3.05, 3.63) is 40.2 Å². The quantitative estimate of drug-likeness (QED) is 0.570. The normalized spacial score (nSPS) is 13.1. The lowest BCUT2D eigenvalue weighted by Crippen LogP contribution is -2.23. The molecule has 0 aliphatic heterocycles. The molecule has 0 aliphatic rings. The predicted octanol–water partition coefficient (Wildman–Crippen LogP) is 3.06. The Balaban J connectivity index is 2.14. The minimum atomic E-state index is -0.346. The number of ether oxygens (including phenoxy) is 1. The van der Waals surface area contributed by atoms with E-state index < -0.39 is 0 Å². The second-order valence-corrected chi connectivity index (χ2v) is 5.92. The maximum absolute atomic E-state index is 11.3. The van der Waals surface area contributed by atoms with Gasteiger partial charge < -0.3 is 18.2 Å². The summed E-state index contributed by atoms with van der Waals surface area (Å²) in [5.41, 5.74) is 1.07. The van der Waals surface area contributed by atoms with Crippen LogP contribution in [0.15, 0.2) is 33.5 Å². The predicted molar refractivity (Wildman–Crippen MR) is 91.3 cm³/mol. The Kier molecular flexibility index (Phi) is 6.54. The van der Waals surface area contributed by atoms with Crippen LogP contribution >= 0.6 is 26.9 Å². The summed E-state index contributed by atoms with van der Waals surface area (Å²) in [6.45, 7) is 2.69. The van der Waals surface area contributed by atoms with Gasteiger partial charge in [-0.1, -0.05) is 8.93 Å². The van der Waals surface area contributed by atoms with E-state index in [4.69, 9.17) is 18.2 Å². The minimum absolute atomic E-state index is 0.135. The molecule has 1 aromatic carbocycles. The minimum Gasteiger partial charge on any atom is -0.491 e. The van der Waals surface area contributed by atoms with Crippen molar-refractivity contribution in [3.63, 3.8) is 0 Å². The largest absolute Gasteiger partial charge is 0.491 e. The van der Waals surface area contributed by atoms with Crippen molar-refractivity contribution in [2.45, 2.75) is 13.0 Å². The highest BCUT2D eigenvalue weighted by molar-refractivity contribution is 8.00. The van der Waals surface area contributed by atoms with Crippen molar-refractivity contribution in [1.29, 1.82) is 0 Å². The molecule has 114 valence electrons. The highest BCUT2D eigenvalue weighted by Crippen LogP contribution is 2.26. The Morgan fingerprint density at radius 1 is 1.33 bits per heavy atom. The molecular formula is C13H17O5P3. The van der Waals surface area contributed by atoms with Gasteiger partial charge in [0.05, 0.1) is 6.61 Å². The Labute approximate surface area is 129 Å². The molecule has 0 aliphatic carbocycles. The lowest BCUT2D eigenvalue weighted by atomic mass is 10.1. The van der Waals surface area contributed by atoms with Gasteiger partial charge in [0, 0.05) is 29.4 Å². The first kappa shape index (κ1) is 16.8. The van der Waals surface area contributed by atoms with Gasteiger partial charge in [0.25, 0.3) is 0 Å². The van der Waals surface area contributed by atoms with Crippen molar-refractivity contribution < 1.29 is 18.2 Å². The second-order valence-electron chi connectivity index (χ2n) is 4.41. The smallest absolute Gasteiger partial charge is 0.336 e. The summed E-state index contributed by atoms with van der Waals surface area (Å²) >= 11 is 0. The molecule has 0 bridgehead atoms. The fourth-order valence-electron chi connectivity index (χ4n) is 1.90. The molecule has 8 heteroatoms. The molecule has 1 heterocycles. The van der Waals surface area contributed by atoms with Crippen LogP contribution in [0.25, 0.3) is 11.0 Å². The van der Waals surface area contributed by atoms with Gasteiger partial charge in [0.2, 0.25) is 0 Å². The molecule has 0 spiro atoms. The molecule has 0 amide bonds. The molecule has 2 rings (SSSR count). The molecule has 3 unspecified atom stereocenters. The van der Waals surface area contributed by atoms with E-state index in [9.17, 15) is 4.79 Å². The summed E-state index contributed by atoms with van der Waals surface area (Å²) < 4.78 is 21.4. The van der Waals surface area contributed by atoms with E-state index in [1.807, 2.05) is 13.0 Å². The van der Waals surface area contributed by atoms with Crippen LogP contribution in [0.2, 0.25) is 0 Å². The van der Waals surface area contributed by atoms with E-state index in [2.05, 4.69) is 18.4 Å². The molecule has 0 saturated carbocycles. The summed E-state index contributed by atoms with van der Waals surface area (Å²) in [7, 11) is 5.02. The zero-order chi connectivity index (χ0) is 15.2. The molecule has 2 aromatic rings. The first-order valence-corrected chi connectivity index (χ1v) is 9.43. The van der Waals surface area contributed by atoms with Crippen molar-refractivity contribution in [2.24, 2.45) is 0 Å². The second kappa shape index (κ2) is 8.17. The molecule has 1 aromatic heterocycles. The van der Waals surface area contributed by atoms with Gasteiger partial charge in [0.15, 0.2) is 0 Å². The fraction of sp³-hybridized carbons (Fsp3) is 0.308. The van der Waals surface area contributed by atoms with E-state index in [0.29, 0.717) is 33.0 Å². The summed E-state index contributed by atoms with van der Waals surface area (Å²) in [5.74, 6) is 0.698. The van der Waals surface area contributed by atoms with E-state index in [0.717, 1.165) is 10.9 Å². The van der Waals surface area contributed by atoms with Crippen LogP contribution in [0.1, 0.15) is 5.56 Å².